The van der Waals surface area contributed by atoms with Crippen LogP contribution in [0.3, 0.4) is 0 Å². The lowest BCUT2D eigenvalue weighted by molar-refractivity contribution is -0.119. The number of amides is 1. The summed E-state index contributed by atoms with van der Waals surface area (Å²) in [6, 6.07) is 9.55. The number of carbonyl (C=O) groups is 2. The quantitative estimate of drug-likeness (QED) is 0.816. The lowest BCUT2D eigenvalue weighted by Gasteiger charge is -2.09. The SMILES string of the molecule is Cc1ccc(C(=O)OCC(=O)Nc2ccc(Br)cc2F)c(C)c1. The molecule has 0 fully saturated rings. The summed E-state index contributed by atoms with van der Waals surface area (Å²) in [5.41, 5.74) is 2.23. The van der Waals surface area contributed by atoms with E-state index in [0.29, 0.717) is 10.0 Å². The molecule has 6 heteroatoms. The van der Waals surface area contributed by atoms with E-state index < -0.39 is 24.3 Å². The van der Waals surface area contributed by atoms with Crippen LogP contribution in [-0.2, 0) is 9.53 Å². The van der Waals surface area contributed by atoms with E-state index in [1.54, 1.807) is 25.1 Å². The van der Waals surface area contributed by atoms with Crippen LogP contribution in [0.1, 0.15) is 21.5 Å². The van der Waals surface area contributed by atoms with Gasteiger partial charge in [-0.25, -0.2) is 9.18 Å². The van der Waals surface area contributed by atoms with Crippen LogP contribution in [-0.4, -0.2) is 18.5 Å². The second-order valence-electron chi connectivity index (χ2n) is 5.07. The number of halogens is 2. The second-order valence-corrected chi connectivity index (χ2v) is 5.98. The highest BCUT2D eigenvalue weighted by molar-refractivity contribution is 9.10. The Morgan fingerprint density at radius 2 is 1.91 bits per heavy atom. The van der Waals surface area contributed by atoms with E-state index in [9.17, 15) is 14.0 Å². The summed E-state index contributed by atoms with van der Waals surface area (Å²) in [6.45, 7) is 3.23. The van der Waals surface area contributed by atoms with Gasteiger partial charge in [0.05, 0.1) is 11.3 Å². The highest BCUT2D eigenvalue weighted by atomic mass is 79.9. The van der Waals surface area contributed by atoms with Crippen molar-refractivity contribution < 1.29 is 18.7 Å². The molecular weight excluding hydrogens is 365 g/mol. The monoisotopic (exact) mass is 379 g/mol. The van der Waals surface area contributed by atoms with Crippen LogP contribution in [0.4, 0.5) is 10.1 Å². The Morgan fingerprint density at radius 3 is 2.57 bits per heavy atom. The van der Waals surface area contributed by atoms with E-state index in [2.05, 4.69) is 21.2 Å². The van der Waals surface area contributed by atoms with Gasteiger partial charge < -0.3 is 10.1 Å². The van der Waals surface area contributed by atoms with Gasteiger partial charge in [0, 0.05) is 4.47 Å². The van der Waals surface area contributed by atoms with E-state index >= 15 is 0 Å². The molecule has 0 unspecified atom stereocenters. The Bertz CT molecular complexity index is 761. The van der Waals surface area contributed by atoms with E-state index in [4.69, 9.17) is 4.74 Å². The topological polar surface area (TPSA) is 55.4 Å². The van der Waals surface area contributed by atoms with Crippen molar-refractivity contribution >= 4 is 33.5 Å². The van der Waals surface area contributed by atoms with Gasteiger partial charge in [-0.2, -0.15) is 0 Å². The molecule has 0 aliphatic rings. The van der Waals surface area contributed by atoms with Gasteiger partial charge in [0.15, 0.2) is 6.61 Å². The van der Waals surface area contributed by atoms with Gasteiger partial charge in [0.25, 0.3) is 5.91 Å². The minimum Gasteiger partial charge on any atom is -0.452 e. The van der Waals surface area contributed by atoms with Crippen molar-refractivity contribution in [1.29, 1.82) is 0 Å². The average molecular weight is 380 g/mol. The minimum atomic E-state index is -0.607. The number of anilines is 1. The van der Waals surface area contributed by atoms with Crippen molar-refractivity contribution in [1.82, 2.24) is 0 Å². The third-order valence-electron chi connectivity index (χ3n) is 3.14. The molecule has 0 radical (unpaired) electrons. The zero-order chi connectivity index (χ0) is 17.0. The summed E-state index contributed by atoms with van der Waals surface area (Å²) >= 11 is 3.13. The number of nitrogens with one attached hydrogen (secondary N) is 1. The third-order valence-corrected chi connectivity index (χ3v) is 3.63. The molecular formula is C17H15BrFNO3. The van der Waals surface area contributed by atoms with Gasteiger partial charge in [0.1, 0.15) is 5.82 Å². The molecule has 2 aromatic rings. The second kappa shape index (κ2) is 7.37. The standard InChI is InChI=1S/C17H15BrFNO3/c1-10-3-5-13(11(2)7-10)17(22)23-9-16(21)20-15-6-4-12(18)8-14(15)19/h3-8H,9H2,1-2H3,(H,20,21). The lowest BCUT2D eigenvalue weighted by atomic mass is 10.1. The highest BCUT2D eigenvalue weighted by Gasteiger charge is 2.13. The Balaban J connectivity index is 1.94. The Morgan fingerprint density at radius 1 is 1.17 bits per heavy atom. The summed E-state index contributed by atoms with van der Waals surface area (Å²) in [5, 5.41) is 2.36. The fourth-order valence-corrected chi connectivity index (χ4v) is 2.36. The number of benzene rings is 2. The van der Waals surface area contributed by atoms with Crippen LogP contribution >= 0.6 is 15.9 Å². The first-order valence-electron chi connectivity index (χ1n) is 6.86. The molecule has 2 rings (SSSR count). The lowest BCUT2D eigenvalue weighted by Crippen LogP contribution is -2.21. The normalized spacial score (nSPS) is 10.3. The van der Waals surface area contributed by atoms with Crippen LogP contribution in [0.15, 0.2) is 40.9 Å². The van der Waals surface area contributed by atoms with Crippen LogP contribution in [0, 0.1) is 19.7 Å². The average Bonchev–Trinajstić information content (AvgIpc) is 2.48. The number of carbonyl (C=O) groups excluding carboxylic acids is 2. The number of hydrogen-bond donors (Lipinski definition) is 1. The summed E-state index contributed by atoms with van der Waals surface area (Å²) in [5.74, 6) is -1.77. The predicted molar refractivity (Wildman–Crippen MR) is 88.9 cm³/mol. The molecule has 4 nitrogen and oxygen atoms in total. The van der Waals surface area contributed by atoms with Crippen molar-refractivity contribution in [3.63, 3.8) is 0 Å². The first-order chi connectivity index (χ1) is 10.9. The fourth-order valence-electron chi connectivity index (χ4n) is 2.03. The van der Waals surface area contributed by atoms with Crippen molar-refractivity contribution in [3.8, 4) is 0 Å². The molecule has 0 heterocycles. The number of aryl methyl sites for hydroxylation is 2. The summed E-state index contributed by atoms with van der Waals surface area (Å²) in [6.07, 6.45) is 0. The number of rotatable bonds is 4. The van der Waals surface area contributed by atoms with E-state index in [-0.39, 0.29) is 5.69 Å². The Hall–Kier alpha value is -2.21. The molecule has 0 bridgehead atoms. The largest absolute Gasteiger partial charge is 0.452 e. The van der Waals surface area contributed by atoms with E-state index in [0.717, 1.165) is 11.1 Å². The molecule has 0 aliphatic heterocycles. The van der Waals surface area contributed by atoms with E-state index in [1.807, 2.05) is 13.0 Å². The molecule has 0 atom stereocenters. The zero-order valence-corrected chi connectivity index (χ0v) is 14.2. The zero-order valence-electron chi connectivity index (χ0n) is 12.7. The van der Waals surface area contributed by atoms with E-state index in [1.165, 1.54) is 12.1 Å². The maximum atomic E-state index is 13.6. The van der Waals surface area contributed by atoms with Gasteiger partial charge in [0.2, 0.25) is 0 Å². The third kappa shape index (κ3) is 4.63. The van der Waals surface area contributed by atoms with Gasteiger partial charge in [-0.15, -0.1) is 0 Å². The minimum absolute atomic E-state index is 0.0285. The molecule has 0 saturated carbocycles. The Labute approximate surface area is 141 Å². The molecule has 0 aromatic heterocycles. The van der Waals surface area contributed by atoms with Crippen LogP contribution in [0.2, 0.25) is 0 Å². The van der Waals surface area contributed by atoms with Gasteiger partial charge in [-0.1, -0.05) is 33.6 Å². The number of esters is 1. The van der Waals surface area contributed by atoms with Crippen LogP contribution < -0.4 is 5.32 Å². The molecule has 23 heavy (non-hydrogen) atoms. The van der Waals surface area contributed by atoms with Gasteiger partial charge >= 0.3 is 5.97 Å². The maximum Gasteiger partial charge on any atom is 0.338 e. The van der Waals surface area contributed by atoms with Crippen molar-refractivity contribution in [2.24, 2.45) is 0 Å². The molecule has 1 amide bonds. The van der Waals surface area contributed by atoms with Crippen molar-refractivity contribution in [2.45, 2.75) is 13.8 Å². The fraction of sp³-hybridized carbons (Fsp3) is 0.176. The predicted octanol–water partition coefficient (Wildman–Crippen LogP) is 4.00. The van der Waals surface area contributed by atoms with Gasteiger partial charge in [-0.3, -0.25) is 4.79 Å². The molecule has 0 saturated heterocycles. The van der Waals surface area contributed by atoms with Crippen molar-refractivity contribution in [2.75, 3.05) is 11.9 Å². The number of hydrogen-bond acceptors (Lipinski definition) is 3. The van der Waals surface area contributed by atoms with Crippen LogP contribution in [0.5, 0.6) is 0 Å². The number of ether oxygens (including phenoxy) is 1. The van der Waals surface area contributed by atoms with Gasteiger partial charge in [-0.05, 0) is 43.7 Å². The summed E-state index contributed by atoms with van der Waals surface area (Å²) in [7, 11) is 0. The Kier molecular flexibility index (Phi) is 5.50. The van der Waals surface area contributed by atoms with Crippen molar-refractivity contribution in [3.05, 3.63) is 63.4 Å². The molecule has 2 aromatic carbocycles. The molecule has 1 N–H and O–H groups in total. The van der Waals surface area contributed by atoms with Crippen LogP contribution in [0.25, 0.3) is 0 Å². The summed E-state index contributed by atoms with van der Waals surface area (Å²) < 4.78 is 19.1. The molecule has 120 valence electrons. The first kappa shape index (κ1) is 17.1. The smallest absolute Gasteiger partial charge is 0.338 e. The molecule has 0 aliphatic carbocycles. The molecule has 0 spiro atoms. The highest BCUT2D eigenvalue weighted by Crippen LogP contribution is 2.19. The summed E-state index contributed by atoms with van der Waals surface area (Å²) in [4.78, 5) is 23.7. The maximum absolute atomic E-state index is 13.6. The first-order valence-corrected chi connectivity index (χ1v) is 7.65.